The summed E-state index contributed by atoms with van der Waals surface area (Å²) in [7, 11) is 0. The number of esters is 2. The first-order valence-electron chi connectivity index (χ1n) is 10.1. The van der Waals surface area contributed by atoms with E-state index in [4.69, 9.17) is 9.47 Å². The molecule has 0 heterocycles. The summed E-state index contributed by atoms with van der Waals surface area (Å²) >= 11 is 0. The molecular formula is C20H34O8. The van der Waals surface area contributed by atoms with Crippen LogP contribution in [0.1, 0.15) is 79.1 Å². The Kier molecular flexibility index (Phi) is 12.9. The highest BCUT2D eigenvalue weighted by molar-refractivity contribution is 5.88. The molecule has 0 aromatic carbocycles. The van der Waals surface area contributed by atoms with E-state index in [1.807, 2.05) is 27.7 Å². The van der Waals surface area contributed by atoms with Crippen LogP contribution in [0.2, 0.25) is 0 Å². The van der Waals surface area contributed by atoms with Crippen molar-refractivity contribution in [2.24, 2.45) is 11.8 Å². The summed E-state index contributed by atoms with van der Waals surface area (Å²) in [6.07, 6.45) is 0.641. The Morgan fingerprint density at radius 2 is 0.857 bits per heavy atom. The van der Waals surface area contributed by atoms with Crippen LogP contribution in [-0.2, 0) is 28.7 Å². The van der Waals surface area contributed by atoms with Gasteiger partial charge in [0.1, 0.15) is 0 Å². The molecular weight excluding hydrogens is 368 g/mol. The summed E-state index contributed by atoms with van der Waals surface area (Å²) in [6, 6.07) is 0. The van der Waals surface area contributed by atoms with Gasteiger partial charge < -0.3 is 19.7 Å². The van der Waals surface area contributed by atoms with Crippen molar-refractivity contribution in [3.63, 3.8) is 0 Å². The van der Waals surface area contributed by atoms with Gasteiger partial charge in [-0.2, -0.15) is 0 Å². The molecule has 0 aliphatic rings. The van der Waals surface area contributed by atoms with Gasteiger partial charge in [0.05, 0.1) is 11.8 Å². The van der Waals surface area contributed by atoms with Crippen LogP contribution < -0.4 is 0 Å². The van der Waals surface area contributed by atoms with Crippen LogP contribution in [0.4, 0.5) is 0 Å². The van der Waals surface area contributed by atoms with Crippen molar-refractivity contribution < 1.29 is 38.9 Å². The molecule has 0 aromatic rings. The van der Waals surface area contributed by atoms with Gasteiger partial charge in [0, 0.05) is 0 Å². The maximum absolute atomic E-state index is 12.4. The molecule has 162 valence electrons. The number of hydrogen-bond donors (Lipinski definition) is 2. The molecule has 28 heavy (non-hydrogen) atoms. The van der Waals surface area contributed by atoms with Crippen molar-refractivity contribution in [1.29, 1.82) is 0 Å². The van der Waals surface area contributed by atoms with Gasteiger partial charge in [-0.25, -0.2) is 9.59 Å². The standard InChI is InChI=1S/C20H34O8/c1-5-9-13(10-6-2)19(25)27-15(17(21)22)16(18(23)24)28-20(26)14(11-7-3)12-8-4/h13-16H,5-12H2,1-4H3,(H,21,22)(H,23,24). The molecule has 0 fully saturated rings. The minimum absolute atomic E-state index is 0.506. The third-order valence-corrected chi connectivity index (χ3v) is 4.46. The van der Waals surface area contributed by atoms with E-state index in [9.17, 15) is 29.4 Å². The van der Waals surface area contributed by atoms with Crippen LogP contribution in [0, 0.1) is 11.8 Å². The van der Waals surface area contributed by atoms with Crippen molar-refractivity contribution in [1.82, 2.24) is 0 Å². The van der Waals surface area contributed by atoms with Crippen LogP contribution in [0.15, 0.2) is 0 Å². The summed E-state index contributed by atoms with van der Waals surface area (Å²) in [5, 5.41) is 18.8. The van der Waals surface area contributed by atoms with Crippen LogP contribution in [0.3, 0.4) is 0 Å². The van der Waals surface area contributed by atoms with E-state index in [2.05, 4.69) is 0 Å². The number of rotatable bonds is 15. The zero-order valence-electron chi connectivity index (χ0n) is 17.3. The lowest BCUT2D eigenvalue weighted by Crippen LogP contribution is -2.47. The van der Waals surface area contributed by atoms with Crippen LogP contribution in [-0.4, -0.2) is 46.3 Å². The van der Waals surface area contributed by atoms with Crippen LogP contribution >= 0.6 is 0 Å². The van der Waals surface area contributed by atoms with Gasteiger partial charge in [0.25, 0.3) is 0 Å². The summed E-state index contributed by atoms with van der Waals surface area (Å²) in [6.45, 7) is 7.53. The van der Waals surface area contributed by atoms with Gasteiger partial charge in [0.15, 0.2) is 0 Å². The highest BCUT2D eigenvalue weighted by Gasteiger charge is 2.42. The van der Waals surface area contributed by atoms with E-state index < -0.39 is 47.9 Å². The number of hydrogen-bond acceptors (Lipinski definition) is 6. The molecule has 0 aromatic heterocycles. The van der Waals surface area contributed by atoms with Gasteiger partial charge in [-0.1, -0.05) is 53.4 Å². The monoisotopic (exact) mass is 402 g/mol. The Balaban J connectivity index is 5.42. The second-order valence-electron chi connectivity index (χ2n) is 6.94. The molecule has 0 spiro atoms. The average Bonchev–Trinajstić information content (AvgIpc) is 2.63. The average molecular weight is 402 g/mol. The molecule has 0 aliphatic carbocycles. The highest BCUT2D eigenvalue weighted by atomic mass is 16.6. The van der Waals surface area contributed by atoms with Gasteiger partial charge in [-0.3, -0.25) is 9.59 Å². The Bertz CT molecular complexity index is 458. The summed E-state index contributed by atoms with van der Waals surface area (Å²) < 4.78 is 10.0. The molecule has 0 radical (unpaired) electrons. The Morgan fingerprint density at radius 3 is 1.04 bits per heavy atom. The van der Waals surface area contributed by atoms with Crippen molar-refractivity contribution in [2.45, 2.75) is 91.3 Å². The quantitative estimate of drug-likeness (QED) is 0.399. The minimum Gasteiger partial charge on any atom is -0.478 e. The molecule has 0 saturated carbocycles. The van der Waals surface area contributed by atoms with Gasteiger partial charge in [-0.15, -0.1) is 0 Å². The molecule has 2 unspecified atom stereocenters. The molecule has 8 nitrogen and oxygen atoms in total. The number of carboxylic acid groups (broad SMARTS) is 2. The van der Waals surface area contributed by atoms with E-state index in [1.165, 1.54) is 0 Å². The first kappa shape index (κ1) is 25.9. The lowest BCUT2D eigenvalue weighted by Gasteiger charge is -2.25. The van der Waals surface area contributed by atoms with E-state index in [1.54, 1.807) is 0 Å². The number of aliphatic carboxylic acids is 2. The molecule has 0 saturated heterocycles. The number of carbonyl (C=O) groups is 4. The molecule has 2 atom stereocenters. The van der Waals surface area contributed by atoms with Gasteiger partial charge in [0.2, 0.25) is 12.2 Å². The molecule has 2 N–H and O–H groups in total. The fraction of sp³-hybridized carbons (Fsp3) is 0.800. The number of carbonyl (C=O) groups excluding carboxylic acids is 2. The molecule has 0 rings (SSSR count). The second kappa shape index (κ2) is 14.0. The predicted octanol–water partition coefficient (Wildman–Crippen LogP) is 3.41. The van der Waals surface area contributed by atoms with Crippen LogP contribution in [0.5, 0.6) is 0 Å². The Hall–Kier alpha value is -2.12. The van der Waals surface area contributed by atoms with E-state index in [0.717, 1.165) is 0 Å². The third kappa shape index (κ3) is 8.71. The Labute approximate surface area is 166 Å². The first-order valence-corrected chi connectivity index (χ1v) is 10.1. The fourth-order valence-corrected chi connectivity index (χ4v) is 3.08. The molecule has 0 amide bonds. The maximum Gasteiger partial charge on any atom is 0.349 e. The van der Waals surface area contributed by atoms with Gasteiger partial charge in [-0.05, 0) is 25.7 Å². The SMILES string of the molecule is CCCC(CCC)C(=O)OC(C(=O)O)C(OC(=O)C(CCC)CCC)C(=O)O. The number of carboxylic acids is 2. The summed E-state index contributed by atoms with van der Waals surface area (Å²) in [5.74, 6) is -5.93. The second-order valence-corrected chi connectivity index (χ2v) is 6.94. The van der Waals surface area contributed by atoms with Crippen molar-refractivity contribution >= 4 is 23.9 Å². The first-order chi connectivity index (χ1) is 13.2. The van der Waals surface area contributed by atoms with Gasteiger partial charge >= 0.3 is 23.9 Å². The molecule has 0 bridgehead atoms. The fourth-order valence-electron chi connectivity index (χ4n) is 3.08. The largest absolute Gasteiger partial charge is 0.478 e. The zero-order chi connectivity index (χ0) is 21.7. The summed E-state index contributed by atoms with van der Waals surface area (Å²) in [4.78, 5) is 47.9. The maximum atomic E-state index is 12.4. The highest BCUT2D eigenvalue weighted by Crippen LogP contribution is 2.20. The predicted molar refractivity (Wildman–Crippen MR) is 102 cm³/mol. The van der Waals surface area contributed by atoms with E-state index in [-0.39, 0.29) is 0 Å². The van der Waals surface area contributed by atoms with E-state index in [0.29, 0.717) is 51.4 Å². The van der Waals surface area contributed by atoms with Crippen molar-refractivity contribution in [3.8, 4) is 0 Å². The number of ether oxygens (including phenoxy) is 2. The molecule has 0 aliphatic heterocycles. The van der Waals surface area contributed by atoms with Crippen molar-refractivity contribution in [3.05, 3.63) is 0 Å². The smallest absolute Gasteiger partial charge is 0.349 e. The van der Waals surface area contributed by atoms with Crippen LogP contribution in [0.25, 0.3) is 0 Å². The zero-order valence-corrected chi connectivity index (χ0v) is 17.3. The normalized spacial score (nSPS) is 13.2. The van der Waals surface area contributed by atoms with E-state index >= 15 is 0 Å². The Morgan fingerprint density at radius 1 is 0.607 bits per heavy atom. The lowest BCUT2D eigenvalue weighted by molar-refractivity contribution is -0.191. The lowest BCUT2D eigenvalue weighted by atomic mass is 9.98. The summed E-state index contributed by atoms with van der Waals surface area (Å²) in [5.41, 5.74) is 0. The van der Waals surface area contributed by atoms with Crippen molar-refractivity contribution in [2.75, 3.05) is 0 Å². The molecule has 8 heteroatoms. The third-order valence-electron chi connectivity index (χ3n) is 4.46. The topological polar surface area (TPSA) is 127 Å². The minimum atomic E-state index is -2.09.